The third-order valence-electron chi connectivity index (χ3n) is 5.25. The van der Waals surface area contributed by atoms with Crippen LogP contribution in [0.2, 0.25) is 10.0 Å². The van der Waals surface area contributed by atoms with E-state index in [4.69, 9.17) is 23.2 Å². The fourth-order valence-corrected chi connectivity index (χ4v) is 4.46. The minimum Gasteiger partial charge on any atom is -0.350 e. The highest BCUT2D eigenvalue weighted by Gasteiger charge is 2.59. The molecule has 0 bridgehead atoms. The number of thioether (sulfide) groups is 1. The number of aromatic nitrogens is 2. The molecule has 0 saturated heterocycles. The maximum atomic E-state index is 14.2. The lowest BCUT2D eigenvalue weighted by Gasteiger charge is -2.32. The van der Waals surface area contributed by atoms with Gasteiger partial charge < -0.3 is 4.90 Å². The van der Waals surface area contributed by atoms with Crippen molar-refractivity contribution in [2.45, 2.75) is 36.3 Å². The van der Waals surface area contributed by atoms with Gasteiger partial charge in [0.05, 0.1) is 28.8 Å². The molecule has 0 spiro atoms. The van der Waals surface area contributed by atoms with Crippen molar-refractivity contribution < 1.29 is 17.6 Å². The van der Waals surface area contributed by atoms with Gasteiger partial charge in [-0.3, -0.25) is 4.99 Å². The van der Waals surface area contributed by atoms with Gasteiger partial charge in [0.15, 0.2) is 11.0 Å². The van der Waals surface area contributed by atoms with Crippen LogP contribution in [-0.4, -0.2) is 39.7 Å². The molecule has 29 heavy (non-hydrogen) atoms. The number of nitrogens with zero attached hydrogens (tertiary/aromatic N) is 4. The Morgan fingerprint density at radius 1 is 1.17 bits per heavy atom. The molecular formula is C18H14Cl2F4N4S. The molecule has 4 nitrogen and oxygen atoms in total. The van der Waals surface area contributed by atoms with Gasteiger partial charge in [0, 0.05) is 24.7 Å². The van der Waals surface area contributed by atoms with Gasteiger partial charge in [-0.25, -0.2) is 14.4 Å². The predicted molar refractivity (Wildman–Crippen MR) is 104 cm³/mol. The topological polar surface area (TPSA) is 41.4 Å². The van der Waals surface area contributed by atoms with Crippen LogP contribution >= 0.6 is 35.0 Å². The molecule has 0 N–H and O–H groups in total. The number of halogens is 6. The van der Waals surface area contributed by atoms with E-state index in [1.165, 1.54) is 11.8 Å². The molecule has 3 heterocycles. The van der Waals surface area contributed by atoms with Crippen LogP contribution in [0.4, 0.5) is 17.6 Å². The molecule has 0 aliphatic carbocycles. The number of aliphatic imine (C=N–C) groups is 1. The lowest BCUT2D eigenvalue weighted by molar-refractivity contribution is -0.184. The van der Waals surface area contributed by atoms with E-state index in [0.717, 1.165) is 23.4 Å². The zero-order valence-corrected chi connectivity index (χ0v) is 17.4. The second-order valence-corrected chi connectivity index (χ2v) is 8.52. The maximum Gasteiger partial charge on any atom is 0.400 e. The number of fused-ring (bicyclic) bond motifs is 1. The molecule has 1 aromatic carbocycles. The Hall–Kier alpha value is -1.58. The first kappa shape index (κ1) is 20.7. The van der Waals surface area contributed by atoms with Gasteiger partial charge in [0.1, 0.15) is 11.3 Å². The molecule has 4 rings (SSSR count). The first-order valence-corrected chi connectivity index (χ1v) is 10.5. The fraction of sp³-hybridized carbons (Fsp3) is 0.389. The van der Waals surface area contributed by atoms with Crippen LogP contribution in [0.15, 0.2) is 28.5 Å². The second kappa shape index (κ2) is 7.28. The molecule has 1 unspecified atom stereocenters. The monoisotopic (exact) mass is 464 g/mol. The summed E-state index contributed by atoms with van der Waals surface area (Å²) in [5, 5.41) is -0.282. The van der Waals surface area contributed by atoms with Crippen LogP contribution in [0.3, 0.4) is 0 Å². The summed E-state index contributed by atoms with van der Waals surface area (Å²) in [6, 6.07) is 1.98. The van der Waals surface area contributed by atoms with E-state index in [1.54, 1.807) is 11.1 Å². The van der Waals surface area contributed by atoms with Crippen molar-refractivity contribution in [2.24, 2.45) is 4.99 Å². The highest BCUT2D eigenvalue weighted by molar-refractivity contribution is 7.98. The van der Waals surface area contributed by atoms with Crippen LogP contribution in [0.25, 0.3) is 0 Å². The molecule has 154 valence electrons. The summed E-state index contributed by atoms with van der Waals surface area (Å²) in [5.74, 6) is -0.616. The summed E-state index contributed by atoms with van der Waals surface area (Å²) in [6.07, 6.45) is -1.46. The zero-order valence-electron chi connectivity index (χ0n) is 15.0. The number of amidine groups is 1. The normalized spacial score (nSPS) is 21.5. The zero-order chi connectivity index (χ0) is 21.0. The quantitative estimate of drug-likeness (QED) is 0.263. The average molecular weight is 465 g/mol. The predicted octanol–water partition coefficient (Wildman–Crippen LogP) is 5.26. The van der Waals surface area contributed by atoms with Crippen molar-refractivity contribution in [2.75, 3.05) is 12.8 Å². The Morgan fingerprint density at radius 2 is 1.86 bits per heavy atom. The summed E-state index contributed by atoms with van der Waals surface area (Å²) < 4.78 is 56.3. The Balaban J connectivity index is 1.64. The van der Waals surface area contributed by atoms with Crippen molar-refractivity contribution in [1.29, 1.82) is 0 Å². The molecule has 11 heteroatoms. The molecule has 0 saturated carbocycles. The molecule has 2 aromatic rings. The van der Waals surface area contributed by atoms with Gasteiger partial charge in [0.2, 0.25) is 0 Å². The van der Waals surface area contributed by atoms with E-state index < -0.39 is 34.0 Å². The molecule has 0 fully saturated rings. The van der Waals surface area contributed by atoms with Gasteiger partial charge in [-0.05, 0) is 24.0 Å². The summed E-state index contributed by atoms with van der Waals surface area (Å²) in [6.45, 7) is 0.240. The number of benzene rings is 1. The van der Waals surface area contributed by atoms with Crippen molar-refractivity contribution in [3.63, 3.8) is 0 Å². The second-order valence-electron chi connectivity index (χ2n) is 6.93. The lowest BCUT2D eigenvalue weighted by Crippen LogP contribution is -2.44. The fourth-order valence-electron chi connectivity index (χ4n) is 3.61. The first-order chi connectivity index (χ1) is 13.6. The largest absolute Gasteiger partial charge is 0.400 e. The van der Waals surface area contributed by atoms with Gasteiger partial charge >= 0.3 is 6.18 Å². The summed E-state index contributed by atoms with van der Waals surface area (Å²) in [4.78, 5) is 14.6. The van der Waals surface area contributed by atoms with Crippen molar-refractivity contribution in [3.05, 3.63) is 51.0 Å². The Bertz CT molecular complexity index is 991. The molecule has 2 aliphatic rings. The van der Waals surface area contributed by atoms with Gasteiger partial charge in [0.25, 0.3) is 0 Å². The van der Waals surface area contributed by atoms with Crippen LogP contribution < -0.4 is 0 Å². The molecule has 1 atom stereocenters. The van der Waals surface area contributed by atoms with Crippen LogP contribution in [0, 0.1) is 5.82 Å². The maximum absolute atomic E-state index is 14.2. The van der Waals surface area contributed by atoms with E-state index in [2.05, 4.69) is 15.0 Å². The van der Waals surface area contributed by atoms with E-state index in [-0.39, 0.29) is 12.0 Å². The lowest BCUT2D eigenvalue weighted by atomic mass is 9.78. The molecular weight excluding hydrogens is 451 g/mol. The summed E-state index contributed by atoms with van der Waals surface area (Å²) >= 11 is 12.9. The smallest absolute Gasteiger partial charge is 0.350 e. The van der Waals surface area contributed by atoms with Gasteiger partial charge in [-0.2, -0.15) is 13.2 Å². The SMILES string of the molecule is CSc1ncc2c(n1)CN(C1=NCC(c3cc(Cl)c(F)c(Cl)c3)(C(F)(F)F)C1)C2. The highest BCUT2D eigenvalue weighted by atomic mass is 35.5. The molecule has 0 radical (unpaired) electrons. The number of alkyl halides is 3. The molecule has 1 aromatic heterocycles. The van der Waals surface area contributed by atoms with Gasteiger partial charge in [-0.15, -0.1) is 0 Å². The molecule has 2 aliphatic heterocycles. The van der Waals surface area contributed by atoms with E-state index in [1.807, 2.05) is 6.26 Å². The number of hydrogen-bond acceptors (Lipinski definition) is 5. The average Bonchev–Trinajstić information content (AvgIpc) is 3.29. The third-order valence-corrected chi connectivity index (χ3v) is 6.36. The Kier molecular flexibility index (Phi) is 5.19. The minimum absolute atomic E-state index is 0.193. The summed E-state index contributed by atoms with van der Waals surface area (Å²) in [7, 11) is 0. The van der Waals surface area contributed by atoms with Crippen molar-refractivity contribution in [3.8, 4) is 0 Å². The van der Waals surface area contributed by atoms with Gasteiger partial charge in [-0.1, -0.05) is 35.0 Å². The van der Waals surface area contributed by atoms with E-state index in [9.17, 15) is 17.6 Å². The Morgan fingerprint density at radius 3 is 2.48 bits per heavy atom. The highest BCUT2D eigenvalue weighted by Crippen LogP contribution is 2.49. The van der Waals surface area contributed by atoms with Crippen LogP contribution in [0.5, 0.6) is 0 Å². The van der Waals surface area contributed by atoms with Crippen molar-refractivity contribution in [1.82, 2.24) is 14.9 Å². The van der Waals surface area contributed by atoms with E-state index in [0.29, 0.717) is 24.1 Å². The van der Waals surface area contributed by atoms with Crippen LogP contribution in [0.1, 0.15) is 23.2 Å². The minimum atomic E-state index is -4.62. The van der Waals surface area contributed by atoms with Crippen molar-refractivity contribution >= 4 is 40.8 Å². The number of rotatable bonds is 2. The standard InChI is InChI=1S/C18H14Cl2F4N4S/c1-29-16-25-5-9-6-28(7-13(9)27-16)14-4-17(8-26-14,18(22,23)24)10-2-11(19)15(21)12(20)3-10/h2-3,5H,4,6-8H2,1H3. The third kappa shape index (κ3) is 3.47. The molecule has 0 amide bonds. The number of hydrogen-bond donors (Lipinski definition) is 0. The van der Waals surface area contributed by atoms with E-state index >= 15 is 0 Å². The Labute approximate surface area is 178 Å². The first-order valence-electron chi connectivity index (χ1n) is 8.53. The van der Waals surface area contributed by atoms with Crippen LogP contribution in [-0.2, 0) is 18.5 Å². The summed E-state index contributed by atoms with van der Waals surface area (Å²) in [5.41, 5.74) is -0.859.